The van der Waals surface area contributed by atoms with E-state index in [-0.39, 0.29) is 5.69 Å². The van der Waals surface area contributed by atoms with Crippen molar-refractivity contribution in [1.82, 2.24) is 9.97 Å². The minimum absolute atomic E-state index is 0.269. The number of rotatable bonds is 4. The molecule has 1 aromatic carbocycles. The number of benzene rings is 1. The summed E-state index contributed by atoms with van der Waals surface area (Å²) in [5.74, 6) is 0.120. The molecule has 3 aromatic rings. The summed E-state index contributed by atoms with van der Waals surface area (Å²) < 4.78 is 0. The van der Waals surface area contributed by atoms with Crippen molar-refractivity contribution in [3.63, 3.8) is 0 Å². The van der Waals surface area contributed by atoms with Crippen molar-refractivity contribution in [3.8, 4) is 0 Å². The van der Waals surface area contributed by atoms with Crippen molar-refractivity contribution in [2.45, 2.75) is 20.4 Å². The van der Waals surface area contributed by atoms with Crippen LogP contribution in [-0.4, -0.2) is 15.9 Å². The molecule has 22 heavy (non-hydrogen) atoms. The molecule has 0 atom stereocenters. The number of amides is 1. The topological polar surface area (TPSA) is 83.8 Å². The first-order valence-corrected chi connectivity index (χ1v) is 7.14. The smallest absolute Gasteiger partial charge is 0.267 e. The van der Waals surface area contributed by atoms with E-state index in [1.165, 1.54) is 0 Å². The molecule has 4 N–H and O–H groups in total. The number of carbonyl (C=O) groups is 1. The monoisotopic (exact) mass is 294 g/mol. The summed E-state index contributed by atoms with van der Waals surface area (Å²) in [6, 6.07) is 11.8. The molecule has 2 aromatic heterocycles. The van der Waals surface area contributed by atoms with Crippen molar-refractivity contribution < 1.29 is 4.79 Å². The fourth-order valence-electron chi connectivity index (χ4n) is 2.49. The number of hydrogen-bond acceptors (Lipinski definition) is 3. The average Bonchev–Trinajstić information content (AvgIpc) is 2.81. The highest BCUT2D eigenvalue weighted by atomic mass is 16.1. The minimum Gasteiger partial charge on any atom is -0.364 e. The quantitative estimate of drug-likeness (QED) is 0.691. The van der Waals surface area contributed by atoms with Gasteiger partial charge in [0.05, 0.1) is 5.52 Å². The number of aromatic amines is 1. The number of primary amides is 1. The van der Waals surface area contributed by atoms with Gasteiger partial charge in [0, 0.05) is 17.6 Å². The zero-order valence-corrected chi connectivity index (χ0v) is 12.6. The van der Waals surface area contributed by atoms with E-state index in [0.717, 1.165) is 27.7 Å². The van der Waals surface area contributed by atoms with Gasteiger partial charge in [-0.1, -0.05) is 30.3 Å². The van der Waals surface area contributed by atoms with Crippen LogP contribution in [0.15, 0.2) is 36.4 Å². The standard InChI is InChI=1S/C17H18N4O/c1-10-11(2)20-15-13(10)8-14(16(18)22)21-17(15)19-9-12-6-4-3-5-7-12/h3-8,20H,9H2,1-2H3,(H2,18,22)(H,19,21). The number of H-pyrrole nitrogens is 1. The van der Waals surface area contributed by atoms with Crippen molar-refractivity contribution in [2.24, 2.45) is 5.73 Å². The van der Waals surface area contributed by atoms with Gasteiger partial charge < -0.3 is 16.0 Å². The lowest BCUT2D eigenvalue weighted by Gasteiger charge is -2.08. The maximum absolute atomic E-state index is 11.5. The minimum atomic E-state index is -0.525. The molecule has 1 amide bonds. The Kier molecular flexibility index (Phi) is 3.55. The lowest BCUT2D eigenvalue weighted by atomic mass is 10.1. The first kappa shape index (κ1) is 14.1. The van der Waals surface area contributed by atoms with Gasteiger partial charge in [0.25, 0.3) is 5.91 Å². The Balaban J connectivity index is 2.03. The summed E-state index contributed by atoms with van der Waals surface area (Å²) in [7, 11) is 0. The van der Waals surface area contributed by atoms with Crippen LogP contribution in [0.1, 0.15) is 27.3 Å². The molecule has 0 unspecified atom stereocenters. The van der Waals surface area contributed by atoms with Gasteiger partial charge in [0.1, 0.15) is 5.69 Å². The molecule has 0 spiro atoms. The number of aryl methyl sites for hydroxylation is 2. The number of nitrogens with two attached hydrogens (primary N) is 1. The van der Waals surface area contributed by atoms with Gasteiger partial charge in [-0.15, -0.1) is 0 Å². The molecule has 5 heteroatoms. The molecule has 3 rings (SSSR count). The fraction of sp³-hybridized carbons (Fsp3) is 0.176. The maximum Gasteiger partial charge on any atom is 0.267 e. The average molecular weight is 294 g/mol. The van der Waals surface area contributed by atoms with Crippen LogP contribution in [0.2, 0.25) is 0 Å². The SMILES string of the molecule is Cc1[nH]c2c(NCc3ccccc3)nc(C(N)=O)cc2c1C. The van der Waals surface area contributed by atoms with Crippen molar-refractivity contribution in [2.75, 3.05) is 5.32 Å². The molecule has 0 saturated heterocycles. The van der Waals surface area contributed by atoms with Crippen LogP contribution in [0.25, 0.3) is 10.9 Å². The molecule has 0 aliphatic carbocycles. The molecular weight excluding hydrogens is 276 g/mol. The van der Waals surface area contributed by atoms with Crippen LogP contribution in [0, 0.1) is 13.8 Å². The second-order valence-corrected chi connectivity index (χ2v) is 5.36. The summed E-state index contributed by atoms with van der Waals surface area (Å²) in [5, 5.41) is 4.26. The van der Waals surface area contributed by atoms with Gasteiger partial charge >= 0.3 is 0 Å². The Labute approximate surface area is 128 Å². The highest BCUT2D eigenvalue weighted by Crippen LogP contribution is 2.27. The number of carbonyl (C=O) groups excluding carboxylic acids is 1. The third-order valence-electron chi connectivity index (χ3n) is 3.85. The number of pyridine rings is 1. The van der Waals surface area contributed by atoms with Crippen LogP contribution >= 0.6 is 0 Å². The van der Waals surface area contributed by atoms with Gasteiger partial charge in [-0.25, -0.2) is 4.98 Å². The molecule has 0 aliphatic heterocycles. The first-order valence-electron chi connectivity index (χ1n) is 7.14. The maximum atomic E-state index is 11.5. The molecule has 112 valence electrons. The highest BCUT2D eigenvalue weighted by molar-refractivity contribution is 6.00. The van der Waals surface area contributed by atoms with E-state index in [4.69, 9.17) is 5.73 Å². The van der Waals surface area contributed by atoms with E-state index in [0.29, 0.717) is 12.4 Å². The van der Waals surface area contributed by atoms with Gasteiger partial charge in [-0.05, 0) is 31.0 Å². The molecule has 0 fully saturated rings. The van der Waals surface area contributed by atoms with Crippen LogP contribution < -0.4 is 11.1 Å². The summed E-state index contributed by atoms with van der Waals surface area (Å²) in [4.78, 5) is 19.2. The Morgan fingerprint density at radius 3 is 2.68 bits per heavy atom. The third-order valence-corrected chi connectivity index (χ3v) is 3.85. The Morgan fingerprint density at radius 2 is 2.00 bits per heavy atom. The molecule has 0 radical (unpaired) electrons. The van der Waals surface area contributed by atoms with Crippen LogP contribution in [0.3, 0.4) is 0 Å². The summed E-state index contributed by atoms with van der Waals surface area (Å²) in [6.07, 6.45) is 0. The van der Waals surface area contributed by atoms with E-state index in [1.54, 1.807) is 6.07 Å². The van der Waals surface area contributed by atoms with Crippen LogP contribution in [-0.2, 0) is 6.54 Å². The van der Waals surface area contributed by atoms with Crippen LogP contribution in [0.4, 0.5) is 5.82 Å². The van der Waals surface area contributed by atoms with Gasteiger partial charge in [-0.2, -0.15) is 0 Å². The summed E-state index contributed by atoms with van der Waals surface area (Å²) >= 11 is 0. The Bertz CT molecular complexity index is 837. The normalized spacial score (nSPS) is 10.8. The van der Waals surface area contributed by atoms with E-state index >= 15 is 0 Å². The second kappa shape index (κ2) is 5.52. The van der Waals surface area contributed by atoms with Gasteiger partial charge in [-0.3, -0.25) is 4.79 Å². The zero-order chi connectivity index (χ0) is 15.7. The van der Waals surface area contributed by atoms with E-state index in [2.05, 4.69) is 15.3 Å². The predicted octanol–water partition coefficient (Wildman–Crippen LogP) is 2.89. The number of hydrogen-bond donors (Lipinski definition) is 3. The number of nitrogens with one attached hydrogen (secondary N) is 2. The third kappa shape index (κ3) is 2.53. The second-order valence-electron chi connectivity index (χ2n) is 5.36. The number of aromatic nitrogens is 2. The van der Waals surface area contributed by atoms with Crippen molar-refractivity contribution >= 4 is 22.6 Å². The van der Waals surface area contributed by atoms with Crippen LogP contribution in [0.5, 0.6) is 0 Å². The number of fused-ring (bicyclic) bond motifs is 1. The van der Waals surface area contributed by atoms with E-state index in [1.807, 2.05) is 44.2 Å². The lowest BCUT2D eigenvalue weighted by molar-refractivity contribution is 0.0996. The first-order chi connectivity index (χ1) is 10.6. The number of nitrogens with zero attached hydrogens (tertiary/aromatic N) is 1. The van der Waals surface area contributed by atoms with Gasteiger partial charge in [0.15, 0.2) is 5.82 Å². The van der Waals surface area contributed by atoms with E-state index < -0.39 is 5.91 Å². The summed E-state index contributed by atoms with van der Waals surface area (Å²) in [5.41, 5.74) is 9.86. The molecule has 2 heterocycles. The molecular formula is C17H18N4O. The van der Waals surface area contributed by atoms with Crippen molar-refractivity contribution in [1.29, 1.82) is 0 Å². The van der Waals surface area contributed by atoms with Gasteiger partial charge in [0.2, 0.25) is 0 Å². The fourth-order valence-corrected chi connectivity index (χ4v) is 2.49. The molecule has 5 nitrogen and oxygen atoms in total. The Morgan fingerprint density at radius 1 is 1.27 bits per heavy atom. The predicted molar refractivity (Wildman–Crippen MR) is 87.9 cm³/mol. The summed E-state index contributed by atoms with van der Waals surface area (Å²) in [6.45, 7) is 4.64. The molecule has 0 bridgehead atoms. The largest absolute Gasteiger partial charge is 0.364 e. The van der Waals surface area contributed by atoms with Crippen molar-refractivity contribution in [3.05, 3.63) is 58.9 Å². The number of anilines is 1. The molecule has 0 aliphatic rings. The lowest BCUT2D eigenvalue weighted by Crippen LogP contribution is -2.14. The Hall–Kier alpha value is -2.82. The highest BCUT2D eigenvalue weighted by Gasteiger charge is 2.14. The van der Waals surface area contributed by atoms with E-state index in [9.17, 15) is 4.79 Å². The molecule has 0 saturated carbocycles. The zero-order valence-electron chi connectivity index (χ0n) is 12.6.